The third kappa shape index (κ3) is 5.51. The maximum Gasteiger partial charge on any atom is 0.271 e. The molecule has 1 aliphatic carbocycles. The summed E-state index contributed by atoms with van der Waals surface area (Å²) in [5.74, 6) is 1.73. The molecule has 0 aliphatic heterocycles. The molecule has 31 heavy (non-hydrogen) atoms. The molecule has 10 heteroatoms. The first-order chi connectivity index (χ1) is 15.0. The van der Waals surface area contributed by atoms with E-state index in [-0.39, 0.29) is 18.1 Å². The summed E-state index contributed by atoms with van der Waals surface area (Å²) in [6, 6.07) is 6.08. The molecule has 1 saturated carbocycles. The molecule has 1 heterocycles. The number of carbonyl (C=O) groups excluding carboxylic acids is 1. The summed E-state index contributed by atoms with van der Waals surface area (Å²) in [5, 5.41) is 19.4. The second-order valence-electron chi connectivity index (χ2n) is 7.91. The minimum absolute atomic E-state index is 0.109. The van der Waals surface area contributed by atoms with E-state index in [4.69, 9.17) is 15.5 Å². The number of imidazole rings is 1. The molecule has 1 amide bonds. The van der Waals surface area contributed by atoms with E-state index in [1.807, 2.05) is 31.5 Å². The fraction of sp³-hybridized carbons (Fsp3) is 0.524. The van der Waals surface area contributed by atoms with Crippen LogP contribution in [-0.4, -0.2) is 67.3 Å². The lowest BCUT2D eigenvalue weighted by atomic mass is 9.93. The lowest BCUT2D eigenvalue weighted by molar-refractivity contribution is 0.0948. The van der Waals surface area contributed by atoms with Crippen molar-refractivity contribution < 1.29 is 14.6 Å². The zero-order chi connectivity index (χ0) is 22.4. The van der Waals surface area contributed by atoms with Gasteiger partial charge < -0.3 is 31.5 Å². The molecule has 168 valence electrons. The Morgan fingerprint density at radius 3 is 2.84 bits per heavy atom. The van der Waals surface area contributed by atoms with Crippen molar-refractivity contribution in [1.82, 2.24) is 14.9 Å². The minimum atomic E-state index is -0.303. The summed E-state index contributed by atoms with van der Waals surface area (Å²) in [6.07, 6.45) is 1.98. The van der Waals surface area contributed by atoms with Crippen LogP contribution in [0.25, 0.3) is 0 Å². The largest absolute Gasteiger partial charge is 0.497 e. The molecule has 2 aromatic rings. The maximum atomic E-state index is 13.0. The van der Waals surface area contributed by atoms with Crippen molar-refractivity contribution in [2.24, 2.45) is 5.73 Å². The van der Waals surface area contributed by atoms with Gasteiger partial charge in [0.2, 0.25) is 5.95 Å². The molecule has 2 atom stereocenters. The third-order valence-electron chi connectivity index (χ3n) is 5.49. The van der Waals surface area contributed by atoms with Crippen molar-refractivity contribution in [3.8, 4) is 5.75 Å². The Morgan fingerprint density at radius 2 is 2.23 bits per heavy atom. The van der Waals surface area contributed by atoms with Gasteiger partial charge in [0, 0.05) is 25.7 Å². The number of aliphatic hydroxyl groups is 1. The van der Waals surface area contributed by atoms with Crippen LogP contribution in [0.4, 0.5) is 11.8 Å². The molecule has 1 fully saturated rings. The fourth-order valence-corrected chi connectivity index (χ4v) is 4.00. The summed E-state index contributed by atoms with van der Waals surface area (Å²) in [6.45, 7) is 3.80. The van der Waals surface area contributed by atoms with Crippen LogP contribution in [0.5, 0.6) is 5.75 Å². The number of ether oxygens (including phenoxy) is 1. The summed E-state index contributed by atoms with van der Waals surface area (Å²) >= 11 is 0. The minimum Gasteiger partial charge on any atom is -0.497 e. The zero-order valence-corrected chi connectivity index (χ0v) is 18.6. The number of carbonyl (C=O) groups is 1. The molecular formula is C21H33BN6O3. The van der Waals surface area contributed by atoms with Crippen molar-refractivity contribution >= 4 is 31.0 Å². The third-order valence-corrected chi connectivity index (χ3v) is 5.49. The summed E-state index contributed by atoms with van der Waals surface area (Å²) in [5.41, 5.74) is 8.18. The van der Waals surface area contributed by atoms with Crippen molar-refractivity contribution in [2.45, 2.75) is 44.9 Å². The van der Waals surface area contributed by atoms with Crippen LogP contribution < -0.4 is 31.9 Å². The molecule has 1 aromatic heterocycles. The predicted octanol–water partition coefficient (Wildman–Crippen LogP) is -0.356. The van der Waals surface area contributed by atoms with E-state index in [0.29, 0.717) is 50.1 Å². The van der Waals surface area contributed by atoms with E-state index in [2.05, 4.69) is 22.0 Å². The molecule has 6 N–H and O–H groups in total. The number of amides is 1. The van der Waals surface area contributed by atoms with Gasteiger partial charge in [-0.05, 0) is 43.3 Å². The summed E-state index contributed by atoms with van der Waals surface area (Å²) in [7, 11) is 3.65. The second kappa shape index (κ2) is 10.5. The van der Waals surface area contributed by atoms with Gasteiger partial charge >= 0.3 is 0 Å². The molecule has 9 nitrogen and oxygen atoms in total. The number of aliphatic hydroxyl groups excluding tert-OH is 1. The van der Waals surface area contributed by atoms with Crippen molar-refractivity contribution in [3.63, 3.8) is 0 Å². The normalized spacial score (nSPS) is 18.1. The number of hydrogen-bond donors (Lipinski definition) is 5. The summed E-state index contributed by atoms with van der Waals surface area (Å²) in [4.78, 5) is 17.7. The summed E-state index contributed by atoms with van der Waals surface area (Å²) < 4.78 is 7.27. The SMILES string of the molecule is Bc1cc(Cn2c(N[C@@H]3CC[C@H](O)C3)nc(NCCN)c2C(=O)NCC)ccc1OC. The number of nitrogens with one attached hydrogen (secondary N) is 3. The van der Waals surface area contributed by atoms with Gasteiger partial charge in [-0.25, -0.2) is 0 Å². The van der Waals surface area contributed by atoms with Crippen LogP contribution in [0.2, 0.25) is 0 Å². The predicted molar refractivity (Wildman–Crippen MR) is 125 cm³/mol. The standard InChI is InChI=1S/C21H33BN6O3/c1-3-24-20(30)18-19(25-9-8-23)27-21(26-14-5-6-15(29)11-14)28(18)12-13-4-7-17(31-2)16(22)10-13/h4,7,10,14-15,25,29H,3,5-6,8-9,11-12,22-23H2,1-2H3,(H,24,30)(H,26,27)/t14-,15+/m1/s1. The number of hydrogen-bond acceptors (Lipinski definition) is 7. The number of nitrogens with two attached hydrogens (primary N) is 1. The quantitative estimate of drug-likeness (QED) is 0.327. The van der Waals surface area contributed by atoms with Crippen LogP contribution in [0, 0.1) is 0 Å². The Balaban J connectivity index is 2.01. The molecule has 1 aliphatic rings. The highest BCUT2D eigenvalue weighted by molar-refractivity contribution is 6.34. The first kappa shape index (κ1) is 23.0. The average molecular weight is 428 g/mol. The average Bonchev–Trinajstić information content (AvgIpc) is 3.30. The maximum absolute atomic E-state index is 13.0. The fourth-order valence-electron chi connectivity index (χ4n) is 4.00. The van der Waals surface area contributed by atoms with Crippen molar-refractivity contribution in [1.29, 1.82) is 0 Å². The number of nitrogens with zero attached hydrogens (tertiary/aromatic N) is 2. The highest BCUT2D eigenvalue weighted by atomic mass is 16.5. The highest BCUT2D eigenvalue weighted by Crippen LogP contribution is 2.27. The van der Waals surface area contributed by atoms with Gasteiger partial charge in [-0.15, -0.1) is 0 Å². The monoisotopic (exact) mass is 428 g/mol. The molecular weight excluding hydrogens is 395 g/mol. The van der Waals surface area contributed by atoms with Crippen molar-refractivity contribution in [2.75, 3.05) is 37.4 Å². The van der Waals surface area contributed by atoms with E-state index < -0.39 is 0 Å². The topological polar surface area (TPSA) is 126 Å². The van der Waals surface area contributed by atoms with E-state index in [1.165, 1.54) is 0 Å². The Bertz CT molecular complexity index is 903. The second-order valence-corrected chi connectivity index (χ2v) is 7.91. The molecule has 0 bridgehead atoms. The molecule has 0 saturated heterocycles. The smallest absolute Gasteiger partial charge is 0.271 e. The van der Waals surface area contributed by atoms with Gasteiger partial charge in [-0.1, -0.05) is 12.1 Å². The van der Waals surface area contributed by atoms with Crippen LogP contribution in [0.15, 0.2) is 18.2 Å². The van der Waals surface area contributed by atoms with Crippen molar-refractivity contribution in [3.05, 3.63) is 29.5 Å². The Labute approximate surface area is 184 Å². The number of aromatic nitrogens is 2. The number of methoxy groups -OCH3 is 1. The molecule has 0 spiro atoms. The lowest BCUT2D eigenvalue weighted by Crippen LogP contribution is -2.28. The Kier molecular flexibility index (Phi) is 7.81. The van der Waals surface area contributed by atoms with E-state index in [1.54, 1.807) is 7.11 Å². The van der Waals surface area contributed by atoms with E-state index >= 15 is 0 Å². The zero-order valence-electron chi connectivity index (χ0n) is 18.6. The van der Waals surface area contributed by atoms with Gasteiger partial charge in [-0.3, -0.25) is 9.36 Å². The van der Waals surface area contributed by atoms with E-state index in [9.17, 15) is 9.90 Å². The van der Waals surface area contributed by atoms with Gasteiger partial charge in [0.15, 0.2) is 11.5 Å². The first-order valence-electron chi connectivity index (χ1n) is 10.9. The Morgan fingerprint density at radius 1 is 1.42 bits per heavy atom. The van der Waals surface area contributed by atoms with Crippen LogP contribution >= 0.6 is 0 Å². The van der Waals surface area contributed by atoms with Gasteiger partial charge in [-0.2, -0.15) is 4.98 Å². The molecule has 3 rings (SSSR count). The van der Waals surface area contributed by atoms with Crippen LogP contribution in [0.3, 0.4) is 0 Å². The van der Waals surface area contributed by atoms with Gasteiger partial charge in [0.1, 0.15) is 13.6 Å². The van der Waals surface area contributed by atoms with Crippen LogP contribution in [0.1, 0.15) is 42.2 Å². The number of anilines is 2. The number of rotatable bonds is 10. The van der Waals surface area contributed by atoms with Gasteiger partial charge in [0.05, 0.1) is 19.8 Å². The molecule has 1 aromatic carbocycles. The van der Waals surface area contributed by atoms with Crippen LogP contribution in [-0.2, 0) is 6.54 Å². The highest BCUT2D eigenvalue weighted by Gasteiger charge is 2.28. The Hall–Kier alpha value is -2.72. The first-order valence-corrected chi connectivity index (χ1v) is 10.9. The molecule has 0 unspecified atom stereocenters. The number of benzene rings is 1. The lowest BCUT2D eigenvalue weighted by Gasteiger charge is -2.17. The molecule has 0 radical (unpaired) electrons. The van der Waals surface area contributed by atoms with Gasteiger partial charge in [0.25, 0.3) is 5.91 Å². The van der Waals surface area contributed by atoms with E-state index in [0.717, 1.165) is 29.6 Å².